The van der Waals surface area contributed by atoms with Crippen LogP contribution in [0.3, 0.4) is 0 Å². The van der Waals surface area contributed by atoms with Crippen LogP contribution in [-0.4, -0.2) is 12.6 Å². The van der Waals surface area contributed by atoms with Gasteiger partial charge in [-0.1, -0.05) is 12.1 Å². The molecule has 1 nitrogen and oxygen atoms in total. The highest BCUT2D eigenvalue weighted by molar-refractivity contribution is 5.23. The molecule has 0 aromatic heterocycles. The SMILES string of the molecule is C#CCCCCNC1CC(c2cccc(F)c2)C1. The van der Waals surface area contributed by atoms with Gasteiger partial charge in [0, 0.05) is 12.5 Å². The lowest BCUT2D eigenvalue weighted by Gasteiger charge is -2.36. The third kappa shape index (κ3) is 3.58. The molecule has 1 fully saturated rings. The van der Waals surface area contributed by atoms with E-state index in [1.54, 1.807) is 12.1 Å². The van der Waals surface area contributed by atoms with Crippen molar-refractivity contribution in [3.63, 3.8) is 0 Å². The molecule has 1 saturated carbocycles. The second-order valence-electron chi connectivity index (χ2n) is 5.04. The van der Waals surface area contributed by atoms with Crippen LogP contribution in [0.4, 0.5) is 4.39 Å². The second kappa shape index (κ2) is 6.56. The molecule has 96 valence electrons. The summed E-state index contributed by atoms with van der Waals surface area (Å²) in [4.78, 5) is 0. The van der Waals surface area contributed by atoms with Gasteiger partial charge in [-0.05, 0) is 55.8 Å². The fourth-order valence-corrected chi connectivity index (χ4v) is 2.48. The average molecular weight is 245 g/mol. The Kier molecular flexibility index (Phi) is 4.78. The minimum atomic E-state index is -0.127. The van der Waals surface area contributed by atoms with Gasteiger partial charge in [0.15, 0.2) is 0 Å². The quantitative estimate of drug-likeness (QED) is 0.598. The number of nitrogens with one attached hydrogen (secondary N) is 1. The van der Waals surface area contributed by atoms with Gasteiger partial charge in [-0.2, -0.15) is 0 Å². The lowest BCUT2D eigenvalue weighted by Crippen LogP contribution is -2.40. The molecule has 0 aliphatic heterocycles. The molecule has 2 heteroatoms. The van der Waals surface area contributed by atoms with Crippen LogP contribution in [0.25, 0.3) is 0 Å². The molecule has 1 N–H and O–H groups in total. The maximum atomic E-state index is 13.1. The van der Waals surface area contributed by atoms with Gasteiger partial charge in [0.25, 0.3) is 0 Å². The zero-order valence-electron chi connectivity index (χ0n) is 10.7. The Labute approximate surface area is 109 Å². The van der Waals surface area contributed by atoms with E-state index >= 15 is 0 Å². The smallest absolute Gasteiger partial charge is 0.123 e. The third-order valence-corrected chi connectivity index (χ3v) is 3.64. The summed E-state index contributed by atoms with van der Waals surface area (Å²) < 4.78 is 13.1. The van der Waals surface area contributed by atoms with Gasteiger partial charge in [0.05, 0.1) is 0 Å². The van der Waals surface area contributed by atoms with E-state index in [9.17, 15) is 4.39 Å². The minimum Gasteiger partial charge on any atom is -0.314 e. The Hall–Kier alpha value is -1.33. The number of halogens is 1. The molecule has 18 heavy (non-hydrogen) atoms. The van der Waals surface area contributed by atoms with E-state index in [2.05, 4.69) is 11.2 Å². The molecule has 0 amide bonds. The Morgan fingerprint density at radius 3 is 2.89 bits per heavy atom. The molecule has 1 aliphatic carbocycles. The Bertz CT molecular complexity index is 415. The molecule has 1 aromatic rings. The summed E-state index contributed by atoms with van der Waals surface area (Å²) in [6.45, 7) is 1.04. The molecular weight excluding hydrogens is 225 g/mol. The van der Waals surface area contributed by atoms with Gasteiger partial charge in [-0.25, -0.2) is 4.39 Å². The molecule has 0 atom stereocenters. The van der Waals surface area contributed by atoms with Gasteiger partial charge in [-0.15, -0.1) is 12.3 Å². The monoisotopic (exact) mass is 245 g/mol. The summed E-state index contributed by atoms with van der Waals surface area (Å²) in [6, 6.07) is 7.59. The molecule has 0 saturated heterocycles. The predicted octanol–water partition coefficient (Wildman–Crippen LogP) is 3.46. The van der Waals surface area contributed by atoms with Gasteiger partial charge < -0.3 is 5.32 Å². The minimum absolute atomic E-state index is 0.127. The molecular formula is C16H20FN. The van der Waals surface area contributed by atoms with Crippen molar-refractivity contribution in [3.05, 3.63) is 35.6 Å². The van der Waals surface area contributed by atoms with Gasteiger partial charge in [0.2, 0.25) is 0 Å². The van der Waals surface area contributed by atoms with Crippen LogP contribution >= 0.6 is 0 Å². The number of hydrogen-bond donors (Lipinski definition) is 1. The fraction of sp³-hybridized carbons (Fsp3) is 0.500. The first-order valence-corrected chi connectivity index (χ1v) is 6.72. The van der Waals surface area contributed by atoms with Crippen LogP contribution in [-0.2, 0) is 0 Å². The summed E-state index contributed by atoms with van der Waals surface area (Å²) in [5, 5.41) is 3.53. The van der Waals surface area contributed by atoms with Crippen LogP contribution in [0.15, 0.2) is 24.3 Å². The van der Waals surface area contributed by atoms with Crippen molar-refractivity contribution in [3.8, 4) is 12.3 Å². The van der Waals surface area contributed by atoms with Crippen molar-refractivity contribution in [2.24, 2.45) is 0 Å². The number of hydrogen-bond acceptors (Lipinski definition) is 1. The van der Waals surface area contributed by atoms with Crippen LogP contribution in [0.2, 0.25) is 0 Å². The first-order chi connectivity index (χ1) is 8.79. The van der Waals surface area contributed by atoms with Crippen molar-refractivity contribution in [2.45, 2.75) is 44.1 Å². The summed E-state index contributed by atoms with van der Waals surface area (Å²) in [5.41, 5.74) is 1.14. The van der Waals surface area contributed by atoms with Crippen molar-refractivity contribution >= 4 is 0 Å². The third-order valence-electron chi connectivity index (χ3n) is 3.64. The van der Waals surface area contributed by atoms with E-state index in [0.29, 0.717) is 12.0 Å². The summed E-state index contributed by atoms with van der Waals surface area (Å²) in [5.74, 6) is 3.06. The van der Waals surface area contributed by atoms with E-state index in [1.165, 1.54) is 6.07 Å². The maximum Gasteiger partial charge on any atom is 0.123 e. The number of terminal acetylenes is 1. The van der Waals surface area contributed by atoms with Gasteiger partial charge >= 0.3 is 0 Å². The highest BCUT2D eigenvalue weighted by atomic mass is 19.1. The molecule has 0 bridgehead atoms. The predicted molar refractivity (Wildman–Crippen MR) is 72.8 cm³/mol. The largest absolute Gasteiger partial charge is 0.314 e. The van der Waals surface area contributed by atoms with Gasteiger partial charge in [0.1, 0.15) is 5.82 Å². The average Bonchev–Trinajstić information content (AvgIpc) is 2.31. The maximum absolute atomic E-state index is 13.1. The molecule has 2 rings (SSSR count). The van der Waals surface area contributed by atoms with Crippen molar-refractivity contribution in [2.75, 3.05) is 6.54 Å². The molecule has 0 spiro atoms. The lowest BCUT2D eigenvalue weighted by molar-refractivity contribution is 0.289. The molecule has 0 radical (unpaired) electrons. The first kappa shape index (κ1) is 13.1. The normalized spacial score (nSPS) is 22.2. The lowest BCUT2D eigenvalue weighted by atomic mass is 9.76. The van der Waals surface area contributed by atoms with E-state index in [1.807, 2.05) is 6.07 Å². The number of benzene rings is 1. The fourth-order valence-electron chi connectivity index (χ4n) is 2.48. The highest BCUT2D eigenvalue weighted by Crippen LogP contribution is 2.36. The number of rotatable bonds is 6. The van der Waals surface area contributed by atoms with Gasteiger partial charge in [-0.3, -0.25) is 0 Å². The van der Waals surface area contributed by atoms with Crippen LogP contribution < -0.4 is 5.32 Å². The van der Waals surface area contributed by atoms with Crippen LogP contribution in [0, 0.1) is 18.2 Å². The van der Waals surface area contributed by atoms with Crippen LogP contribution in [0.1, 0.15) is 43.6 Å². The van der Waals surface area contributed by atoms with E-state index in [-0.39, 0.29) is 5.82 Å². The first-order valence-electron chi connectivity index (χ1n) is 6.72. The molecule has 0 heterocycles. The summed E-state index contributed by atoms with van der Waals surface area (Å²) >= 11 is 0. The molecule has 1 aliphatic rings. The van der Waals surface area contributed by atoms with E-state index < -0.39 is 0 Å². The van der Waals surface area contributed by atoms with Crippen molar-refractivity contribution < 1.29 is 4.39 Å². The van der Waals surface area contributed by atoms with Crippen LogP contribution in [0.5, 0.6) is 0 Å². The summed E-state index contributed by atoms with van der Waals surface area (Å²) in [7, 11) is 0. The second-order valence-corrected chi connectivity index (χ2v) is 5.04. The zero-order valence-corrected chi connectivity index (χ0v) is 10.7. The Balaban J connectivity index is 1.64. The standard InChI is InChI=1S/C16H20FN/c1-2-3-4-5-9-18-16-11-14(12-16)13-7-6-8-15(17)10-13/h1,6-8,10,14,16,18H,3-5,9,11-12H2. The topological polar surface area (TPSA) is 12.0 Å². The Morgan fingerprint density at radius 2 is 2.17 bits per heavy atom. The Morgan fingerprint density at radius 1 is 1.33 bits per heavy atom. The molecule has 1 aromatic carbocycles. The number of unbranched alkanes of at least 4 members (excludes halogenated alkanes) is 2. The van der Waals surface area contributed by atoms with Crippen molar-refractivity contribution in [1.82, 2.24) is 5.32 Å². The highest BCUT2D eigenvalue weighted by Gasteiger charge is 2.29. The van der Waals surface area contributed by atoms with Crippen molar-refractivity contribution in [1.29, 1.82) is 0 Å². The molecule has 0 unspecified atom stereocenters. The summed E-state index contributed by atoms with van der Waals surface area (Å²) in [6.07, 6.45) is 10.6. The van der Waals surface area contributed by atoms with E-state index in [4.69, 9.17) is 6.42 Å². The zero-order chi connectivity index (χ0) is 12.8. The van der Waals surface area contributed by atoms with E-state index in [0.717, 1.165) is 44.2 Å².